The van der Waals surface area contributed by atoms with Gasteiger partial charge in [0.25, 0.3) is 0 Å². The van der Waals surface area contributed by atoms with Gasteiger partial charge < -0.3 is 0 Å². The van der Waals surface area contributed by atoms with Crippen LogP contribution in [0.3, 0.4) is 0 Å². The third kappa shape index (κ3) is 4.21. The molecule has 0 unspecified atom stereocenters. The fourth-order valence-electron chi connectivity index (χ4n) is 0.323. The van der Waals surface area contributed by atoms with Crippen molar-refractivity contribution in [3.05, 3.63) is 0 Å². The minimum absolute atomic E-state index is 0.546. The van der Waals surface area contributed by atoms with Crippen molar-refractivity contribution in [2.45, 2.75) is 6.92 Å². The standard InChI is InChI=1S/C2H6Cl5NS2/c1-2-8(9(3)4)10(5,6)7/h9H,2H2,1H3. The summed E-state index contributed by atoms with van der Waals surface area (Å²) >= 11 is 0. The largest absolute Gasteiger partial charge is 0.171 e. The molecule has 0 aromatic rings. The van der Waals surface area contributed by atoms with Gasteiger partial charge in [-0.1, -0.05) is 6.92 Å². The highest BCUT2D eigenvalue weighted by molar-refractivity contribution is 8.81. The van der Waals surface area contributed by atoms with Gasteiger partial charge in [0.05, 0.1) is 7.85 Å². The molecule has 0 saturated heterocycles. The van der Waals surface area contributed by atoms with E-state index < -0.39 is 17.4 Å². The van der Waals surface area contributed by atoms with E-state index >= 15 is 0 Å². The third-order valence-electron chi connectivity index (χ3n) is 0.678. The van der Waals surface area contributed by atoms with Gasteiger partial charge in [0, 0.05) is 6.54 Å². The minimum atomic E-state index is -2.30. The fourth-order valence-corrected chi connectivity index (χ4v) is 7.95. The van der Waals surface area contributed by atoms with Crippen LogP contribution in [0.15, 0.2) is 0 Å². The van der Waals surface area contributed by atoms with E-state index in [0.717, 1.165) is 0 Å². The van der Waals surface area contributed by atoms with E-state index in [-0.39, 0.29) is 0 Å². The van der Waals surface area contributed by atoms with Crippen molar-refractivity contribution in [1.29, 1.82) is 0 Å². The van der Waals surface area contributed by atoms with E-state index in [0.29, 0.717) is 6.54 Å². The molecule has 0 aromatic carbocycles. The normalized spacial score (nSPS) is 15.7. The highest BCUT2D eigenvalue weighted by Gasteiger charge is 2.26. The van der Waals surface area contributed by atoms with Crippen LogP contribution in [-0.2, 0) is 0 Å². The Morgan fingerprint density at radius 1 is 1.30 bits per heavy atom. The lowest BCUT2D eigenvalue weighted by Crippen LogP contribution is -2.10. The molecule has 10 heavy (non-hydrogen) atoms. The summed E-state index contributed by atoms with van der Waals surface area (Å²) in [5.41, 5.74) is 0. The van der Waals surface area contributed by atoms with Gasteiger partial charge in [-0.2, -0.15) is 3.71 Å². The topological polar surface area (TPSA) is 3.24 Å². The molecule has 0 heterocycles. The second-order valence-electron chi connectivity index (χ2n) is 1.27. The Balaban J connectivity index is 4.07. The Hall–Kier alpha value is 2.11. The molecule has 0 amide bonds. The molecule has 1 nitrogen and oxygen atoms in total. The van der Waals surface area contributed by atoms with Crippen molar-refractivity contribution in [3.8, 4) is 0 Å². The molecule has 0 atom stereocenters. The fraction of sp³-hybridized carbons (Fsp3) is 1.00. The minimum Gasteiger partial charge on any atom is -0.171 e. The lowest BCUT2D eigenvalue weighted by molar-refractivity contribution is 0.795. The van der Waals surface area contributed by atoms with E-state index in [1.807, 2.05) is 6.92 Å². The monoisotopic (exact) mass is 283 g/mol. The molecule has 8 heteroatoms. The second-order valence-corrected chi connectivity index (χ2v) is 11.5. The zero-order valence-corrected chi connectivity index (χ0v) is 10.4. The number of nitrogens with zero attached hydrogens (tertiary/aromatic N) is 1. The highest BCUT2D eigenvalue weighted by atomic mass is 36.2. The van der Waals surface area contributed by atoms with Crippen LogP contribution in [0.4, 0.5) is 0 Å². The van der Waals surface area contributed by atoms with Crippen LogP contribution >= 0.6 is 70.8 Å². The first kappa shape index (κ1) is 12.1. The maximum atomic E-state index is 5.58. The van der Waals surface area contributed by atoms with E-state index in [2.05, 4.69) is 0 Å². The van der Waals surface area contributed by atoms with Crippen molar-refractivity contribution in [1.82, 2.24) is 3.71 Å². The van der Waals surface area contributed by atoms with Gasteiger partial charge in [-0.05, 0) is 62.9 Å². The number of hydrogen-bond donors (Lipinski definition) is 1. The van der Waals surface area contributed by atoms with E-state index in [1.54, 1.807) is 0 Å². The summed E-state index contributed by atoms with van der Waals surface area (Å²) in [6, 6.07) is 0. The molecule has 66 valence electrons. The van der Waals surface area contributed by atoms with Gasteiger partial charge >= 0.3 is 0 Å². The van der Waals surface area contributed by atoms with Crippen molar-refractivity contribution < 1.29 is 0 Å². The summed E-state index contributed by atoms with van der Waals surface area (Å²) < 4.78 is 1.45. The Morgan fingerprint density at radius 3 is 1.70 bits per heavy atom. The predicted molar refractivity (Wildman–Crippen MR) is 58.2 cm³/mol. The van der Waals surface area contributed by atoms with Crippen molar-refractivity contribution in [3.63, 3.8) is 0 Å². The molecule has 0 bridgehead atoms. The summed E-state index contributed by atoms with van der Waals surface area (Å²) in [5, 5.41) is 0. The molecule has 0 aliphatic carbocycles. The molecule has 0 spiro atoms. The van der Waals surface area contributed by atoms with Gasteiger partial charge in [0.15, 0.2) is 0 Å². The Bertz CT molecular complexity index is 102. The molecular weight excluding hydrogens is 279 g/mol. The molecule has 0 N–H and O–H groups in total. The zero-order chi connectivity index (χ0) is 8.36. The van der Waals surface area contributed by atoms with E-state index in [4.69, 9.17) is 53.4 Å². The van der Waals surface area contributed by atoms with Gasteiger partial charge in [0.1, 0.15) is 0 Å². The summed E-state index contributed by atoms with van der Waals surface area (Å²) in [6.45, 7) is 2.37. The Kier molecular flexibility index (Phi) is 6.02. The van der Waals surface area contributed by atoms with Crippen LogP contribution in [0.1, 0.15) is 6.92 Å². The first-order valence-corrected chi connectivity index (χ1v) is 9.38. The van der Waals surface area contributed by atoms with E-state index in [1.165, 1.54) is 3.71 Å². The SMILES string of the molecule is CCN([SH](Cl)Cl)S(Cl)(Cl)Cl. The predicted octanol–water partition coefficient (Wildman–Crippen LogP) is 4.71. The summed E-state index contributed by atoms with van der Waals surface area (Å²) in [5.74, 6) is 0. The van der Waals surface area contributed by atoms with Crippen LogP contribution in [0.5, 0.6) is 0 Å². The lowest BCUT2D eigenvalue weighted by atomic mass is 10.8. The van der Waals surface area contributed by atoms with Crippen LogP contribution in [0.2, 0.25) is 0 Å². The molecule has 0 aliphatic heterocycles. The van der Waals surface area contributed by atoms with Crippen molar-refractivity contribution >= 4 is 70.8 Å². The second kappa shape index (κ2) is 4.97. The van der Waals surface area contributed by atoms with Crippen LogP contribution < -0.4 is 0 Å². The van der Waals surface area contributed by atoms with Crippen LogP contribution in [0, 0.1) is 0 Å². The van der Waals surface area contributed by atoms with Gasteiger partial charge in [-0.3, -0.25) is 0 Å². The molecular formula is C2H6Cl5NS2. The van der Waals surface area contributed by atoms with Gasteiger partial charge in [-0.25, -0.2) is 0 Å². The Labute approximate surface area is 87.3 Å². The van der Waals surface area contributed by atoms with Crippen LogP contribution in [0.25, 0.3) is 0 Å². The first-order valence-electron chi connectivity index (χ1n) is 2.21. The smallest absolute Gasteiger partial charge is 0.0657 e. The van der Waals surface area contributed by atoms with Gasteiger partial charge in [0.2, 0.25) is 0 Å². The number of rotatable bonds is 3. The van der Waals surface area contributed by atoms with Crippen LogP contribution in [-0.4, -0.2) is 10.3 Å². The quantitative estimate of drug-likeness (QED) is 0.735. The zero-order valence-electron chi connectivity index (χ0n) is 4.90. The van der Waals surface area contributed by atoms with Crippen molar-refractivity contribution in [2.24, 2.45) is 0 Å². The third-order valence-corrected chi connectivity index (χ3v) is 7.26. The summed E-state index contributed by atoms with van der Waals surface area (Å²) in [6.07, 6.45) is 0. The highest BCUT2D eigenvalue weighted by Crippen LogP contribution is 2.72. The van der Waals surface area contributed by atoms with Crippen molar-refractivity contribution in [2.75, 3.05) is 6.54 Å². The summed E-state index contributed by atoms with van der Waals surface area (Å²) in [4.78, 5) is 0. The first-order chi connectivity index (χ1) is 4.39. The average molecular weight is 285 g/mol. The maximum Gasteiger partial charge on any atom is 0.0657 e. The molecule has 0 saturated carbocycles. The molecule has 0 radical (unpaired) electrons. The Morgan fingerprint density at radius 2 is 1.70 bits per heavy atom. The van der Waals surface area contributed by atoms with Gasteiger partial charge in [-0.15, -0.1) is 0 Å². The lowest BCUT2D eigenvalue weighted by Gasteiger charge is -2.32. The summed E-state index contributed by atoms with van der Waals surface area (Å²) in [7, 11) is 24.2. The molecule has 0 aromatic heterocycles. The number of thiol groups is 1. The molecule has 0 rings (SSSR count). The number of halogens is 5. The molecule has 0 fully saturated rings. The molecule has 0 aliphatic rings. The number of hydrogen-bond acceptors (Lipinski definition) is 1. The van der Waals surface area contributed by atoms with E-state index in [9.17, 15) is 0 Å². The average Bonchev–Trinajstić information content (AvgIpc) is 1.60. The maximum absolute atomic E-state index is 5.58.